The summed E-state index contributed by atoms with van der Waals surface area (Å²) < 4.78 is 0. The van der Waals surface area contributed by atoms with Crippen LogP contribution < -0.4 is 11.3 Å². The zero-order chi connectivity index (χ0) is 14.5. The van der Waals surface area contributed by atoms with E-state index in [0.717, 1.165) is 12.3 Å². The van der Waals surface area contributed by atoms with Crippen molar-refractivity contribution < 1.29 is 0 Å². The number of aliphatic imine (C=N–C) groups is 1. The maximum Gasteiger partial charge on any atom is 0.115 e. The molecular weight excluding hydrogens is 258 g/mol. The molecule has 0 aliphatic heterocycles. The molecule has 0 atom stereocenters. The summed E-state index contributed by atoms with van der Waals surface area (Å²) >= 11 is 0. The lowest BCUT2D eigenvalue weighted by molar-refractivity contribution is 0.442. The zero-order valence-electron chi connectivity index (χ0n) is 12.4. The molecule has 0 unspecified atom stereocenters. The minimum absolute atomic E-state index is 0.444. The molecule has 110 valence electrons. The maximum atomic E-state index is 5.70. The van der Waals surface area contributed by atoms with Gasteiger partial charge in [-0.25, -0.2) is 5.84 Å². The molecular formula is C18H23N3. The molecule has 0 amide bonds. The molecule has 0 saturated heterocycles. The van der Waals surface area contributed by atoms with E-state index in [0.29, 0.717) is 6.04 Å². The Morgan fingerprint density at radius 3 is 2.62 bits per heavy atom. The summed E-state index contributed by atoms with van der Waals surface area (Å²) in [5, 5.41) is 2.55. The van der Waals surface area contributed by atoms with E-state index in [-0.39, 0.29) is 0 Å². The molecule has 3 rings (SSSR count). The Balaban J connectivity index is 1.83. The summed E-state index contributed by atoms with van der Waals surface area (Å²) in [6.07, 6.45) is 7.09. The molecule has 0 spiro atoms. The minimum Gasteiger partial charge on any atom is -0.312 e. The fourth-order valence-corrected chi connectivity index (χ4v) is 3.19. The summed E-state index contributed by atoms with van der Waals surface area (Å²) in [6.45, 7) is 0. The molecule has 1 fully saturated rings. The first-order valence-corrected chi connectivity index (χ1v) is 7.87. The summed E-state index contributed by atoms with van der Waals surface area (Å²) in [7, 11) is 0. The lowest BCUT2D eigenvalue weighted by Crippen LogP contribution is -2.33. The van der Waals surface area contributed by atoms with Crippen LogP contribution in [0.15, 0.2) is 47.5 Å². The number of hydrogen-bond acceptors (Lipinski definition) is 2. The third-order valence-corrected chi connectivity index (χ3v) is 4.32. The van der Waals surface area contributed by atoms with Gasteiger partial charge in [0.1, 0.15) is 5.84 Å². The first-order chi connectivity index (χ1) is 10.4. The second-order valence-electron chi connectivity index (χ2n) is 5.83. The average molecular weight is 281 g/mol. The van der Waals surface area contributed by atoms with Crippen LogP contribution in [0.25, 0.3) is 10.8 Å². The van der Waals surface area contributed by atoms with Crippen LogP contribution in [0.1, 0.15) is 37.7 Å². The van der Waals surface area contributed by atoms with E-state index in [1.165, 1.54) is 48.4 Å². The number of hydrogen-bond donors (Lipinski definition) is 2. The lowest BCUT2D eigenvalue weighted by Gasteiger charge is -2.19. The number of hydrazine groups is 1. The monoisotopic (exact) mass is 281 g/mol. The molecule has 1 saturated carbocycles. The van der Waals surface area contributed by atoms with Gasteiger partial charge in [-0.1, -0.05) is 61.7 Å². The van der Waals surface area contributed by atoms with Crippen molar-refractivity contribution in [2.24, 2.45) is 10.8 Å². The molecule has 2 aromatic rings. The molecule has 2 aromatic carbocycles. The van der Waals surface area contributed by atoms with Crippen LogP contribution in [0.4, 0.5) is 0 Å². The van der Waals surface area contributed by atoms with E-state index < -0.39 is 0 Å². The van der Waals surface area contributed by atoms with Gasteiger partial charge in [-0.2, -0.15) is 0 Å². The largest absolute Gasteiger partial charge is 0.312 e. The van der Waals surface area contributed by atoms with Gasteiger partial charge in [0.2, 0.25) is 0 Å². The van der Waals surface area contributed by atoms with Crippen molar-refractivity contribution in [1.29, 1.82) is 0 Å². The highest BCUT2D eigenvalue weighted by Gasteiger charge is 2.13. The van der Waals surface area contributed by atoms with Gasteiger partial charge in [0.15, 0.2) is 0 Å². The van der Waals surface area contributed by atoms with Crippen molar-refractivity contribution in [3.05, 3.63) is 48.0 Å². The van der Waals surface area contributed by atoms with Gasteiger partial charge >= 0.3 is 0 Å². The van der Waals surface area contributed by atoms with Crippen LogP contribution in [0.5, 0.6) is 0 Å². The van der Waals surface area contributed by atoms with E-state index in [1.807, 2.05) is 0 Å². The van der Waals surface area contributed by atoms with Crippen molar-refractivity contribution in [1.82, 2.24) is 5.43 Å². The fraction of sp³-hybridized carbons (Fsp3) is 0.389. The van der Waals surface area contributed by atoms with Crippen LogP contribution in [-0.2, 0) is 6.42 Å². The zero-order valence-corrected chi connectivity index (χ0v) is 12.4. The number of fused-ring (bicyclic) bond motifs is 1. The first-order valence-electron chi connectivity index (χ1n) is 7.87. The van der Waals surface area contributed by atoms with Crippen LogP contribution in [0, 0.1) is 0 Å². The van der Waals surface area contributed by atoms with Crippen molar-refractivity contribution in [2.75, 3.05) is 0 Å². The van der Waals surface area contributed by atoms with Crippen molar-refractivity contribution in [3.63, 3.8) is 0 Å². The van der Waals surface area contributed by atoms with Gasteiger partial charge in [-0.05, 0) is 29.2 Å². The standard InChI is InChI=1S/C18H23N3/c19-21-18(20-16-10-2-1-3-11-16)13-15-9-6-8-14-7-4-5-12-17(14)15/h4-9,12,16H,1-3,10-11,13,19H2,(H,20,21). The van der Waals surface area contributed by atoms with Gasteiger partial charge in [0.25, 0.3) is 0 Å². The number of nitrogens with one attached hydrogen (secondary N) is 1. The van der Waals surface area contributed by atoms with Gasteiger partial charge in [-0.15, -0.1) is 0 Å². The van der Waals surface area contributed by atoms with E-state index >= 15 is 0 Å². The summed E-state index contributed by atoms with van der Waals surface area (Å²) in [6, 6.07) is 15.3. The minimum atomic E-state index is 0.444. The van der Waals surface area contributed by atoms with Gasteiger partial charge in [0.05, 0.1) is 6.04 Å². The average Bonchev–Trinajstić information content (AvgIpc) is 2.55. The normalized spacial score (nSPS) is 17.1. The van der Waals surface area contributed by atoms with Gasteiger partial charge in [0, 0.05) is 6.42 Å². The van der Waals surface area contributed by atoms with Crippen LogP contribution >= 0.6 is 0 Å². The van der Waals surface area contributed by atoms with Crippen molar-refractivity contribution in [2.45, 2.75) is 44.6 Å². The fourth-order valence-electron chi connectivity index (χ4n) is 3.19. The van der Waals surface area contributed by atoms with Crippen LogP contribution in [0.2, 0.25) is 0 Å². The molecule has 3 N–H and O–H groups in total. The van der Waals surface area contributed by atoms with E-state index in [2.05, 4.69) is 47.9 Å². The van der Waals surface area contributed by atoms with Gasteiger partial charge < -0.3 is 5.43 Å². The highest BCUT2D eigenvalue weighted by molar-refractivity contribution is 5.92. The maximum absolute atomic E-state index is 5.70. The summed E-state index contributed by atoms with van der Waals surface area (Å²) in [4.78, 5) is 4.84. The van der Waals surface area contributed by atoms with E-state index in [4.69, 9.17) is 10.8 Å². The molecule has 0 heterocycles. The number of nitrogens with two attached hydrogens (primary N) is 1. The predicted molar refractivity (Wildman–Crippen MR) is 89.3 cm³/mol. The number of amidine groups is 1. The predicted octanol–water partition coefficient (Wildman–Crippen LogP) is 3.58. The Kier molecular flexibility index (Phi) is 4.51. The third-order valence-electron chi connectivity index (χ3n) is 4.32. The summed E-state index contributed by atoms with van der Waals surface area (Å²) in [5.41, 5.74) is 4.09. The van der Waals surface area contributed by atoms with Crippen molar-refractivity contribution in [3.8, 4) is 0 Å². The molecule has 21 heavy (non-hydrogen) atoms. The second-order valence-corrected chi connectivity index (χ2v) is 5.83. The first kappa shape index (κ1) is 14.1. The molecule has 0 radical (unpaired) electrons. The summed E-state index contributed by atoms with van der Waals surface area (Å²) in [5.74, 6) is 6.60. The Labute approximate surface area is 126 Å². The molecule has 1 aliphatic carbocycles. The Hall–Kier alpha value is -1.87. The Morgan fingerprint density at radius 1 is 1.05 bits per heavy atom. The molecule has 3 nitrogen and oxygen atoms in total. The Morgan fingerprint density at radius 2 is 1.81 bits per heavy atom. The quantitative estimate of drug-likeness (QED) is 0.391. The number of rotatable bonds is 3. The second kappa shape index (κ2) is 6.72. The highest BCUT2D eigenvalue weighted by atomic mass is 15.3. The van der Waals surface area contributed by atoms with Crippen LogP contribution in [0.3, 0.4) is 0 Å². The van der Waals surface area contributed by atoms with E-state index in [1.54, 1.807) is 0 Å². The van der Waals surface area contributed by atoms with Crippen molar-refractivity contribution >= 4 is 16.6 Å². The smallest absolute Gasteiger partial charge is 0.115 e. The number of nitrogens with zero attached hydrogens (tertiary/aromatic N) is 1. The molecule has 3 heteroatoms. The highest BCUT2D eigenvalue weighted by Crippen LogP contribution is 2.22. The number of benzene rings is 2. The lowest BCUT2D eigenvalue weighted by atomic mass is 9.96. The Bertz CT molecular complexity index is 622. The third kappa shape index (κ3) is 3.42. The topological polar surface area (TPSA) is 50.4 Å². The van der Waals surface area contributed by atoms with Crippen LogP contribution in [-0.4, -0.2) is 11.9 Å². The molecule has 0 bridgehead atoms. The van der Waals surface area contributed by atoms with E-state index in [9.17, 15) is 0 Å². The molecule has 1 aliphatic rings. The SMILES string of the molecule is NNC(Cc1cccc2ccccc12)=NC1CCCCC1. The molecule has 0 aromatic heterocycles. The van der Waals surface area contributed by atoms with Gasteiger partial charge in [-0.3, -0.25) is 4.99 Å².